The van der Waals surface area contributed by atoms with Crippen molar-refractivity contribution < 1.29 is 9.53 Å². The van der Waals surface area contributed by atoms with Gasteiger partial charge in [-0.15, -0.1) is 0 Å². The molecule has 2 rings (SSSR count). The van der Waals surface area contributed by atoms with Gasteiger partial charge in [-0.05, 0) is 93.6 Å². The van der Waals surface area contributed by atoms with Crippen LogP contribution in [0.3, 0.4) is 0 Å². The molecule has 0 aliphatic heterocycles. The SMILES string of the molecule is COc1c(Br)cc(Br)cc1C(=O)NC(=S)Nc1ccc(I)cc1C. The van der Waals surface area contributed by atoms with Gasteiger partial charge >= 0.3 is 0 Å². The summed E-state index contributed by atoms with van der Waals surface area (Å²) in [5, 5.41) is 5.93. The largest absolute Gasteiger partial charge is 0.495 e. The Bertz CT molecular complexity index is 815. The van der Waals surface area contributed by atoms with Crippen LogP contribution in [0.2, 0.25) is 0 Å². The second kappa shape index (κ2) is 8.59. The molecule has 0 radical (unpaired) electrons. The van der Waals surface area contributed by atoms with Crippen molar-refractivity contribution in [1.82, 2.24) is 5.32 Å². The second-order valence-corrected chi connectivity index (χ2v) is 8.26. The fraction of sp³-hybridized carbons (Fsp3) is 0.125. The van der Waals surface area contributed by atoms with Gasteiger partial charge in [0.1, 0.15) is 5.75 Å². The van der Waals surface area contributed by atoms with Crippen LogP contribution in [0.1, 0.15) is 15.9 Å². The highest BCUT2D eigenvalue weighted by molar-refractivity contribution is 14.1. The first-order chi connectivity index (χ1) is 11.3. The minimum Gasteiger partial charge on any atom is -0.495 e. The highest BCUT2D eigenvalue weighted by Gasteiger charge is 2.17. The smallest absolute Gasteiger partial charge is 0.261 e. The normalized spacial score (nSPS) is 10.2. The summed E-state index contributed by atoms with van der Waals surface area (Å²) >= 11 is 14.2. The quantitative estimate of drug-likeness (QED) is 0.382. The van der Waals surface area contributed by atoms with E-state index in [1.54, 1.807) is 12.1 Å². The fourth-order valence-corrected chi connectivity index (χ4v) is 4.26. The van der Waals surface area contributed by atoms with E-state index >= 15 is 0 Å². The van der Waals surface area contributed by atoms with E-state index in [0.29, 0.717) is 15.8 Å². The van der Waals surface area contributed by atoms with Crippen LogP contribution in [0.25, 0.3) is 0 Å². The van der Waals surface area contributed by atoms with Crippen LogP contribution in [0.15, 0.2) is 39.3 Å². The van der Waals surface area contributed by atoms with Crippen LogP contribution >= 0.6 is 66.7 Å². The predicted octanol–water partition coefficient (Wildman–Crippen LogP) is 5.26. The van der Waals surface area contributed by atoms with Gasteiger partial charge in [0.05, 0.1) is 17.1 Å². The molecule has 8 heteroatoms. The highest BCUT2D eigenvalue weighted by atomic mass is 127. The van der Waals surface area contributed by atoms with E-state index in [-0.39, 0.29) is 11.0 Å². The first-order valence-electron chi connectivity index (χ1n) is 6.73. The molecule has 0 saturated carbocycles. The maximum atomic E-state index is 12.5. The van der Waals surface area contributed by atoms with Gasteiger partial charge < -0.3 is 10.1 Å². The summed E-state index contributed by atoms with van der Waals surface area (Å²) < 4.78 is 7.86. The number of carbonyl (C=O) groups excluding carboxylic acids is 1. The first kappa shape index (κ1) is 19.6. The second-order valence-electron chi connectivity index (χ2n) is 4.84. The molecule has 0 aliphatic carbocycles. The Labute approximate surface area is 176 Å². The Balaban J connectivity index is 2.16. The number of aryl methyl sites for hydroxylation is 1. The summed E-state index contributed by atoms with van der Waals surface area (Å²) in [4.78, 5) is 12.5. The van der Waals surface area contributed by atoms with Gasteiger partial charge in [-0.2, -0.15) is 0 Å². The van der Waals surface area contributed by atoms with Gasteiger partial charge in [0.15, 0.2) is 5.11 Å². The lowest BCUT2D eigenvalue weighted by molar-refractivity contribution is 0.0974. The molecule has 126 valence electrons. The Kier molecular flexibility index (Phi) is 7.02. The van der Waals surface area contributed by atoms with Gasteiger partial charge in [0, 0.05) is 13.7 Å². The zero-order valence-electron chi connectivity index (χ0n) is 12.7. The fourth-order valence-electron chi connectivity index (χ4n) is 2.03. The Morgan fingerprint density at radius 2 is 1.96 bits per heavy atom. The van der Waals surface area contributed by atoms with E-state index < -0.39 is 0 Å². The molecule has 0 aromatic heterocycles. The van der Waals surface area contributed by atoms with Crippen molar-refractivity contribution in [1.29, 1.82) is 0 Å². The van der Waals surface area contributed by atoms with Gasteiger partial charge in [-0.25, -0.2) is 0 Å². The minimum atomic E-state index is -0.352. The van der Waals surface area contributed by atoms with Crippen molar-refractivity contribution in [2.45, 2.75) is 6.92 Å². The number of halogens is 3. The van der Waals surface area contributed by atoms with Crippen molar-refractivity contribution >= 4 is 83.4 Å². The van der Waals surface area contributed by atoms with Gasteiger partial charge in [0.25, 0.3) is 5.91 Å². The average molecular weight is 584 g/mol. The number of carbonyl (C=O) groups is 1. The summed E-state index contributed by atoms with van der Waals surface area (Å²) in [7, 11) is 1.51. The number of ether oxygens (including phenoxy) is 1. The van der Waals surface area contributed by atoms with Gasteiger partial charge in [0.2, 0.25) is 0 Å². The average Bonchev–Trinajstić information content (AvgIpc) is 2.49. The molecule has 0 saturated heterocycles. The Morgan fingerprint density at radius 3 is 2.58 bits per heavy atom. The molecule has 0 fully saturated rings. The predicted molar refractivity (Wildman–Crippen MR) is 116 cm³/mol. The number of methoxy groups -OCH3 is 1. The topological polar surface area (TPSA) is 50.4 Å². The molecular formula is C16H13Br2IN2O2S. The van der Waals surface area contributed by atoms with Crippen molar-refractivity contribution in [2.75, 3.05) is 12.4 Å². The van der Waals surface area contributed by atoms with E-state index in [2.05, 4.69) is 65.1 Å². The van der Waals surface area contributed by atoms with Crippen LogP contribution in [-0.2, 0) is 0 Å². The van der Waals surface area contributed by atoms with Crippen molar-refractivity contribution in [3.8, 4) is 5.75 Å². The van der Waals surface area contributed by atoms with Crippen LogP contribution in [0.5, 0.6) is 5.75 Å². The number of thiocarbonyl (C=S) groups is 1. The number of hydrogen-bond donors (Lipinski definition) is 2. The summed E-state index contributed by atoms with van der Waals surface area (Å²) in [6.45, 7) is 1.98. The molecule has 1 amide bonds. The summed E-state index contributed by atoms with van der Waals surface area (Å²) in [6, 6.07) is 9.40. The first-order valence-corrected chi connectivity index (χ1v) is 9.80. The van der Waals surface area contributed by atoms with E-state index in [1.165, 1.54) is 7.11 Å². The molecule has 0 bridgehead atoms. The monoisotopic (exact) mass is 582 g/mol. The van der Waals surface area contributed by atoms with Gasteiger partial charge in [-0.3, -0.25) is 10.1 Å². The molecule has 2 N–H and O–H groups in total. The number of hydrogen-bond acceptors (Lipinski definition) is 3. The van der Waals surface area contributed by atoms with Gasteiger partial charge in [-0.1, -0.05) is 15.9 Å². The maximum absolute atomic E-state index is 12.5. The van der Waals surface area contributed by atoms with E-state index in [1.807, 2.05) is 25.1 Å². The molecule has 0 aliphatic rings. The maximum Gasteiger partial charge on any atom is 0.261 e. The molecule has 24 heavy (non-hydrogen) atoms. The summed E-state index contributed by atoms with van der Waals surface area (Å²) in [6.07, 6.45) is 0. The Hall–Kier alpha value is -0.710. The highest BCUT2D eigenvalue weighted by Crippen LogP contribution is 2.32. The molecule has 2 aromatic carbocycles. The molecule has 2 aromatic rings. The molecule has 0 unspecified atom stereocenters. The molecule has 0 atom stereocenters. The molecule has 0 spiro atoms. The minimum absolute atomic E-state index is 0.224. The van der Waals surface area contributed by atoms with Crippen molar-refractivity contribution in [3.05, 3.63) is 54.0 Å². The lowest BCUT2D eigenvalue weighted by Gasteiger charge is -2.14. The van der Waals surface area contributed by atoms with Crippen LogP contribution in [0.4, 0.5) is 5.69 Å². The molecule has 4 nitrogen and oxygen atoms in total. The molecular weight excluding hydrogens is 571 g/mol. The lowest BCUT2D eigenvalue weighted by Crippen LogP contribution is -2.34. The third kappa shape index (κ3) is 4.90. The standard InChI is InChI=1S/C16H13Br2IN2O2S/c1-8-5-10(19)3-4-13(8)20-16(24)21-15(22)11-6-9(17)7-12(18)14(11)23-2/h3-7H,1-2H3,(H2,20,21,22,24). The Morgan fingerprint density at radius 1 is 1.25 bits per heavy atom. The van der Waals surface area contributed by atoms with Crippen molar-refractivity contribution in [3.63, 3.8) is 0 Å². The molecule has 0 heterocycles. The van der Waals surface area contributed by atoms with E-state index in [9.17, 15) is 4.79 Å². The van der Waals surface area contributed by atoms with Crippen LogP contribution < -0.4 is 15.4 Å². The van der Waals surface area contributed by atoms with E-state index in [0.717, 1.165) is 19.3 Å². The summed E-state index contributed by atoms with van der Waals surface area (Å²) in [5.41, 5.74) is 2.27. The number of rotatable bonds is 3. The number of anilines is 1. The number of benzene rings is 2. The lowest BCUT2D eigenvalue weighted by atomic mass is 10.2. The van der Waals surface area contributed by atoms with Crippen LogP contribution in [0, 0.1) is 10.5 Å². The number of amides is 1. The third-order valence-electron chi connectivity index (χ3n) is 3.12. The van der Waals surface area contributed by atoms with Crippen LogP contribution in [-0.4, -0.2) is 18.1 Å². The number of nitrogens with one attached hydrogen (secondary N) is 2. The third-order valence-corrected chi connectivity index (χ3v) is 5.04. The summed E-state index contributed by atoms with van der Waals surface area (Å²) in [5.74, 6) is 0.0958. The van der Waals surface area contributed by atoms with Crippen molar-refractivity contribution in [2.24, 2.45) is 0 Å². The van der Waals surface area contributed by atoms with E-state index in [4.69, 9.17) is 17.0 Å². The zero-order chi connectivity index (χ0) is 17.9. The zero-order valence-corrected chi connectivity index (χ0v) is 18.9.